The Bertz CT molecular complexity index is 7180. The molecule has 0 N–H and O–H groups in total. The Morgan fingerprint density at radius 1 is 0.214 bits per heavy atom. The second kappa shape index (κ2) is 28.0. The van der Waals surface area contributed by atoms with E-state index in [2.05, 4.69) is 465 Å². The van der Waals surface area contributed by atoms with Crippen molar-refractivity contribution in [1.82, 2.24) is 9.13 Å². The van der Waals surface area contributed by atoms with Gasteiger partial charge in [-0.25, -0.2) is 0 Å². The monoisotopic (exact) mass is 1630 g/mol. The molecule has 3 aliphatic heterocycles. The van der Waals surface area contributed by atoms with Crippen molar-refractivity contribution in [1.29, 1.82) is 0 Å². The molecular formula is C120H107BN4O. The van der Waals surface area contributed by atoms with Crippen molar-refractivity contribution >= 4 is 123 Å². The van der Waals surface area contributed by atoms with Crippen LogP contribution in [0.4, 0.5) is 34.1 Å². The number of nitrogens with zero attached hydrogens (tertiary/aromatic N) is 4. The zero-order valence-electron chi connectivity index (χ0n) is 75.9. The number of benzene rings is 16. The number of hydrogen-bond donors (Lipinski definition) is 0. The molecule has 0 spiro atoms. The predicted octanol–water partition coefficient (Wildman–Crippen LogP) is 31.6. The van der Waals surface area contributed by atoms with E-state index in [9.17, 15) is 0 Å². The highest BCUT2D eigenvalue weighted by atomic mass is 16.3. The highest BCUT2D eigenvalue weighted by Gasteiger charge is 2.47. The molecule has 0 amide bonds. The first-order valence-corrected chi connectivity index (χ1v) is 45.2. The summed E-state index contributed by atoms with van der Waals surface area (Å²) in [7, 11) is 0. The van der Waals surface area contributed by atoms with E-state index in [0.717, 1.165) is 145 Å². The molecule has 3 aromatic heterocycles. The molecule has 0 radical (unpaired) electrons. The van der Waals surface area contributed by atoms with Gasteiger partial charge >= 0.3 is 0 Å². The first-order chi connectivity index (χ1) is 60.2. The average molecular weight is 1630 g/mol. The third kappa shape index (κ3) is 12.8. The van der Waals surface area contributed by atoms with Gasteiger partial charge in [-0.2, -0.15) is 0 Å². The van der Waals surface area contributed by atoms with Gasteiger partial charge in [0, 0.05) is 88.7 Å². The van der Waals surface area contributed by atoms with E-state index < -0.39 is 0 Å². The standard InChI is InChI=1S/C120H107BN4O/c1-115(2,3)82-42-48-90-91-49-43-83(116(4,5)6)67-103(91)122(102(90)66-82)88-46-52-100-106(70-88)124-108-60-81(72-30-22-19-23-31-72)61-109-112(108)121(100)101-53-47-89(123-104-68-84(117(7,8)9)44-50-92(104)93-51-45-85(69-105(93)123)118(10,11)12)71-107(101)125(109)114-95(74-34-26-21-27-35-74)63-87(120(16,17)18)65-97(114)80-39-29-37-76(57-80)78-41-55-111-99(59-78)98-58-77(40-54-110(98)126-111)75-36-28-38-79(56-75)96-64-86(119(13,14)15)62-94(113(96)124)73-32-24-20-25-33-73/h19-71H,1-18H3. The molecule has 3 aliphatic rings. The number of anilines is 6. The normalized spacial score (nSPS) is 13.4. The predicted molar refractivity (Wildman–Crippen MR) is 540 cm³/mol. The van der Waals surface area contributed by atoms with Gasteiger partial charge in [-0.05, 0) is 259 Å². The first-order valence-electron chi connectivity index (χ1n) is 45.2. The van der Waals surface area contributed by atoms with Gasteiger partial charge in [0.15, 0.2) is 0 Å². The van der Waals surface area contributed by atoms with Gasteiger partial charge in [0.25, 0.3) is 6.71 Å². The molecule has 13 bridgehead atoms. The van der Waals surface area contributed by atoms with Gasteiger partial charge in [0.05, 0.1) is 33.4 Å². The minimum Gasteiger partial charge on any atom is -0.456 e. The summed E-state index contributed by atoms with van der Waals surface area (Å²) in [6.45, 7) is 42.1. The van der Waals surface area contributed by atoms with Crippen LogP contribution in [0.3, 0.4) is 0 Å². The summed E-state index contributed by atoms with van der Waals surface area (Å²) < 4.78 is 12.1. The molecule has 126 heavy (non-hydrogen) atoms. The van der Waals surface area contributed by atoms with Gasteiger partial charge in [0.1, 0.15) is 11.2 Å². The van der Waals surface area contributed by atoms with E-state index in [4.69, 9.17) is 4.42 Å². The number of furan rings is 1. The summed E-state index contributed by atoms with van der Waals surface area (Å²) in [5.74, 6) is 0. The molecule has 6 heteroatoms. The molecule has 0 aliphatic carbocycles. The van der Waals surface area contributed by atoms with Crippen molar-refractivity contribution in [3.63, 3.8) is 0 Å². The lowest BCUT2D eigenvalue weighted by atomic mass is 9.33. The maximum absolute atomic E-state index is 6.89. The number of hydrogen-bond acceptors (Lipinski definition) is 3. The van der Waals surface area contributed by atoms with Crippen molar-refractivity contribution in [3.8, 4) is 89.3 Å². The largest absolute Gasteiger partial charge is 0.456 e. The van der Waals surface area contributed by atoms with Crippen molar-refractivity contribution in [2.24, 2.45) is 0 Å². The molecule has 0 atom stereocenters. The summed E-state index contributed by atoms with van der Waals surface area (Å²) in [6.07, 6.45) is 0. The third-order valence-electron chi connectivity index (χ3n) is 27.7. The second-order valence-corrected chi connectivity index (χ2v) is 42.2. The third-order valence-corrected chi connectivity index (χ3v) is 27.7. The smallest absolute Gasteiger partial charge is 0.252 e. The lowest BCUT2D eigenvalue weighted by Crippen LogP contribution is -2.61. The van der Waals surface area contributed by atoms with Crippen molar-refractivity contribution in [2.45, 2.75) is 157 Å². The number of aromatic nitrogens is 2. The van der Waals surface area contributed by atoms with Crippen LogP contribution in [0.15, 0.2) is 326 Å². The van der Waals surface area contributed by atoms with Gasteiger partial charge < -0.3 is 23.4 Å². The van der Waals surface area contributed by atoms with Crippen LogP contribution in [0.1, 0.15) is 158 Å². The molecule has 19 aromatic rings. The number of fused-ring (bicyclic) bond motifs is 26. The maximum atomic E-state index is 6.89. The molecule has 6 heterocycles. The fourth-order valence-corrected chi connectivity index (χ4v) is 20.6. The minimum absolute atomic E-state index is 0.133. The SMILES string of the molecule is CC(C)(C)c1cc(-c2ccccc2)c2c(c1)-c1cccc(c1)-c1ccc3oc4ccc(cc4c3c1)-c1cccc(c1)-c1cc(C(C)(C)C)cc(-c3ccccc3)c1N1c3cc(-n4c5cc(C(C)(C)C)ccc5c5ccc(C(C)(C)C)cc54)ccc3B3c4ccc(-n5c6cc(C(C)(C)C)ccc6c6ccc(C(C)(C)C)cc65)cc4N2c2cc(-c4ccccc4)cc1c23. The lowest BCUT2D eigenvalue weighted by Gasteiger charge is -2.46. The zero-order valence-corrected chi connectivity index (χ0v) is 75.9. The van der Waals surface area contributed by atoms with Gasteiger partial charge in [0.2, 0.25) is 0 Å². The molecule has 616 valence electrons. The van der Waals surface area contributed by atoms with Crippen molar-refractivity contribution < 1.29 is 4.42 Å². The molecule has 0 unspecified atom stereocenters. The minimum atomic E-state index is -0.336. The van der Waals surface area contributed by atoms with Crippen molar-refractivity contribution in [2.75, 3.05) is 9.80 Å². The summed E-state index contributed by atoms with van der Waals surface area (Å²) in [4.78, 5) is 5.55. The van der Waals surface area contributed by atoms with Crippen LogP contribution in [-0.4, -0.2) is 15.8 Å². The van der Waals surface area contributed by atoms with E-state index in [0.29, 0.717) is 0 Å². The molecule has 5 nitrogen and oxygen atoms in total. The van der Waals surface area contributed by atoms with Gasteiger partial charge in [-0.3, -0.25) is 0 Å². The summed E-state index contributed by atoms with van der Waals surface area (Å²) in [5, 5.41) is 7.08. The Morgan fingerprint density at radius 3 is 0.865 bits per heavy atom. The van der Waals surface area contributed by atoms with Crippen LogP contribution < -0.4 is 26.2 Å². The van der Waals surface area contributed by atoms with Gasteiger partial charge in [-0.1, -0.05) is 325 Å². The van der Waals surface area contributed by atoms with Gasteiger partial charge in [-0.15, -0.1) is 0 Å². The molecule has 16 aromatic carbocycles. The first kappa shape index (κ1) is 78.6. The highest BCUT2D eigenvalue weighted by Crippen LogP contribution is 2.57. The summed E-state index contributed by atoms with van der Waals surface area (Å²) >= 11 is 0. The van der Waals surface area contributed by atoms with Crippen LogP contribution in [0.25, 0.3) is 155 Å². The molecule has 0 saturated heterocycles. The Morgan fingerprint density at radius 2 is 0.524 bits per heavy atom. The van der Waals surface area contributed by atoms with Crippen LogP contribution >= 0.6 is 0 Å². The fourth-order valence-electron chi connectivity index (χ4n) is 20.6. The molecule has 0 fully saturated rings. The molecular weight excluding hydrogens is 1520 g/mol. The topological polar surface area (TPSA) is 29.5 Å². The fraction of sp³-hybridized carbons (Fsp3) is 0.200. The van der Waals surface area contributed by atoms with E-state index in [1.165, 1.54) is 93.4 Å². The average Bonchev–Trinajstić information content (AvgIpc) is 0.728. The number of rotatable bonds is 5. The summed E-state index contributed by atoms with van der Waals surface area (Å²) in [6, 6.07) is 126. The zero-order chi connectivity index (χ0) is 86.9. The van der Waals surface area contributed by atoms with Crippen LogP contribution in [0, 0.1) is 0 Å². The van der Waals surface area contributed by atoms with E-state index in [1.807, 2.05) is 0 Å². The Kier molecular flexibility index (Phi) is 17.5. The Labute approximate surface area is 742 Å². The van der Waals surface area contributed by atoms with Crippen LogP contribution in [0.5, 0.6) is 0 Å². The Hall–Kier alpha value is -13.4. The lowest BCUT2D eigenvalue weighted by molar-refractivity contribution is 0.590. The quantitative estimate of drug-likeness (QED) is 0.161. The Balaban J connectivity index is 0.967. The molecule has 22 rings (SSSR count). The van der Waals surface area contributed by atoms with Crippen LogP contribution in [0.2, 0.25) is 0 Å². The van der Waals surface area contributed by atoms with Crippen molar-refractivity contribution in [3.05, 3.63) is 355 Å². The van der Waals surface area contributed by atoms with E-state index >= 15 is 0 Å². The molecule has 0 saturated carbocycles. The van der Waals surface area contributed by atoms with E-state index in [1.54, 1.807) is 0 Å². The summed E-state index contributed by atoms with van der Waals surface area (Å²) in [5.41, 5.74) is 41.1. The maximum Gasteiger partial charge on any atom is 0.252 e. The highest BCUT2D eigenvalue weighted by molar-refractivity contribution is 7.00. The second-order valence-electron chi connectivity index (χ2n) is 42.2. The van der Waals surface area contributed by atoms with Crippen LogP contribution in [-0.2, 0) is 32.5 Å². The van der Waals surface area contributed by atoms with E-state index in [-0.39, 0.29) is 39.2 Å².